The first-order valence-electron chi connectivity index (χ1n) is 3.25. The topological polar surface area (TPSA) is 0 Å². The van der Waals surface area contributed by atoms with E-state index in [1.165, 1.54) is 16.4 Å². The first-order chi connectivity index (χ1) is 4.86. The predicted octanol–water partition coefficient (Wildman–Crippen LogP) is 3.45. The Hall–Kier alpha value is -0.0800. The molecule has 0 amide bonds. The third kappa shape index (κ3) is 1.96. The Morgan fingerprint density at radius 3 is 2.30 bits per heavy atom. The second-order valence-corrected chi connectivity index (χ2v) is 3.22. The van der Waals surface area contributed by atoms with Gasteiger partial charge in [-0.15, -0.1) is 0 Å². The molecule has 1 rings (SSSR count). The normalized spacial score (nSPS) is 9.80. The van der Waals surface area contributed by atoms with E-state index < -0.39 is 0 Å². The molecule has 0 unspecified atom stereocenters. The minimum atomic E-state index is 1.10. The van der Waals surface area contributed by atoms with E-state index in [1.54, 1.807) is 0 Å². The van der Waals surface area contributed by atoms with Crippen LogP contribution < -0.4 is 0 Å². The highest BCUT2D eigenvalue weighted by Crippen LogP contribution is 2.21. The molecule has 0 aliphatic rings. The van der Waals surface area contributed by atoms with Gasteiger partial charge in [-0.05, 0) is 46.6 Å². The third-order valence-electron chi connectivity index (χ3n) is 1.43. The van der Waals surface area contributed by atoms with Crippen LogP contribution in [0.2, 0.25) is 0 Å². The highest BCUT2D eigenvalue weighted by molar-refractivity contribution is 8.68. The Morgan fingerprint density at radius 2 is 1.90 bits per heavy atom. The van der Waals surface area contributed by atoms with Gasteiger partial charge in [0.2, 0.25) is 0 Å². The van der Waals surface area contributed by atoms with Crippen molar-refractivity contribution in [3.05, 3.63) is 29.8 Å². The number of aryl methyl sites for hydroxylation is 1. The Labute approximate surface area is 70.8 Å². The molecule has 1 aromatic rings. The van der Waals surface area contributed by atoms with Crippen LogP contribution in [0, 0.1) is 0 Å². The molecule has 10 heavy (non-hydrogen) atoms. The standard InChI is InChI=1S/C8H9S2/c1-2-7-3-5-8(10-9)6-4-7/h3-6H,2H2,1H3. The monoisotopic (exact) mass is 169 g/mol. The molecule has 53 valence electrons. The maximum absolute atomic E-state index is 4.81. The largest absolute Gasteiger partial charge is 0.0613 e. The Kier molecular flexibility index (Phi) is 3.16. The van der Waals surface area contributed by atoms with Crippen molar-refractivity contribution in [2.75, 3.05) is 0 Å². The molecular weight excluding hydrogens is 160 g/mol. The molecule has 0 saturated carbocycles. The fourth-order valence-electron chi connectivity index (χ4n) is 0.781. The number of hydrogen-bond acceptors (Lipinski definition) is 1. The van der Waals surface area contributed by atoms with Gasteiger partial charge >= 0.3 is 0 Å². The zero-order chi connectivity index (χ0) is 7.40. The zero-order valence-corrected chi connectivity index (χ0v) is 7.47. The molecule has 0 aliphatic heterocycles. The molecule has 0 aliphatic carbocycles. The Balaban J connectivity index is 2.80. The lowest BCUT2D eigenvalue weighted by atomic mass is 10.2. The maximum atomic E-state index is 4.81. The molecule has 0 N–H and O–H groups in total. The lowest BCUT2D eigenvalue weighted by molar-refractivity contribution is 1.13. The number of benzene rings is 1. The quantitative estimate of drug-likeness (QED) is 0.611. The van der Waals surface area contributed by atoms with Gasteiger partial charge in [-0.1, -0.05) is 19.1 Å². The number of rotatable bonds is 2. The second kappa shape index (κ2) is 3.94. The van der Waals surface area contributed by atoms with Crippen molar-refractivity contribution in [2.24, 2.45) is 0 Å². The van der Waals surface area contributed by atoms with E-state index in [2.05, 4.69) is 31.2 Å². The molecule has 1 radical (unpaired) electrons. The highest BCUT2D eigenvalue weighted by atomic mass is 33.1. The summed E-state index contributed by atoms with van der Waals surface area (Å²) in [7, 11) is 1.37. The molecule has 0 nitrogen and oxygen atoms in total. The molecule has 0 spiro atoms. The van der Waals surface area contributed by atoms with Crippen LogP contribution in [0.25, 0.3) is 0 Å². The summed E-state index contributed by atoms with van der Waals surface area (Å²) in [5.74, 6) is 0. The molecule has 0 saturated heterocycles. The summed E-state index contributed by atoms with van der Waals surface area (Å²) in [5, 5.41) is 0. The van der Waals surface area contributed by atoms with E-state index in [0.717, 1.165) is 11.3 Å². The second-order valence-electron chi connectivity index (χ2n) is 2.08. The van der Waals surface area contributed by atoms with E-state index in [-0.39, 0.29) is 0 Å². The van der Waals surface area contributed by atoms with Crippen LogP contribution in [0.1, 0.15) is 12.5 Å². The first kappa shape index (κ1) is 8.02. The van der Waals surface area contributed by atoms with Gasteiger partial charge in [-0.3, -0.25) is 0 Å². The summed E-state index contributed by atoms with van der Waals surface area (Å²) in [4.78, 5) is 1.16. The fraction of sp³-hybridized carbons (Fsp3) is 0.250. The van der Waals surface area contributed by atoms with Crippen molar-refractivity contribution in [3.8, 4) is 0 Å². The highest BCUT2D eigenvalue weighted by Gasteiger charge is 1.89. The zero-order valence-electron chi connectivity index (χ0n) is 5.83. The SMILES string of the molecule is CCc1ccc(S[S])cc1. The van der Waals surface area contributed by atoms with Gasteiger partial charge in [-0.2, -0.15) is 0 Å². The lowest BCUT2D eigenvalue weighted by Crippen LogP contribution is -1.76. The summed E-state index contributed by atoms with van der Waals surface area (Å²) in [5.41, 5.74) is 1.37. The van der Waals surface area contributed by atoms with Crippen LogP contribution in [-0.4, -0.2) is 0 Å². The van der Waals surface area contributed by atoms with Crippen molar-refractivity contribution in [1.82, 2.24) is 0 Å². The van der Waals surface area contributed by atoms with Gasteiger partial charge in [-0.25, -0.2) is 0 Å². The summed E-state index contributed by atoms with van der Waals surface area (Å²) in [6.45, 7) is 2.15. The molecule has 1 aromatic carbocycles. The van der Waals surface area contributed by atoms with Crippen LogP contribution in [0.5, 0.6) is 0 Å². The maximum Gasteiger partial charge on any atom is 0.0191 e. The summed E-state index contributed by atoms with van der Waals surface area (Å²) in [6, 6.07) is 8.37. The van der Waals surface area contributed by atoms with E-state index in [0.29, 0.717) is 0 Å². The molecular formula is C8H9S2. The summed E-state index contributed by atoms with van der Waals surface area (Å²) in [6.07, 6.45) is 1.10. The molecule has 0 aromatic heterocycles. The molecule has 0 heterocycles. The van der Waals surface area contributed by atoms with Crippen LogP contribution in [0.4, 0.5) is 0 Å². The van der Waals surface area contributed by atoms with Gasteiger partial charge in [0.1, 0.15) is 0 Å². The van der Waals surface area contributed by atoms with Crippen molar-refractivity contribution in [2.45, 2.75) is 18.2 Å². The molecule has 2 heteroatoms. The van der Waals surface area contributed by atoms with Crippen molar-refractivity contribution in [1.29, 1.82) is 0 Å². The van der Waals surface area contributed by atoms with Crippen molar-refractivity contribution < 1.29 is 0 Å². The molecule has 0 bridgehead atoms. The minimum Gasteiger partial charge on any atom is -0.0613 e. The predicted molar refractivity (Wildman–Crippen MR) is 49.3 cm³/mol. The minimum absolute atomic E-state index is 1.10. The van der Waals surface area contributed by atoms with Gasteiger partial charge in [0.15, 0.2) is 0 Å². The van der Waals surface area contributed by atoms with E-state index in [4.69, 9.17) is 11.7 Å². The Bertz CT molecular complexity index is 168. The summed E-state index contributed by atoms with van der Waals surface area (Å²) >= 11 is 4.81. The average Bonchev–Trinajstić information content (AvgIpc) is 2.05. The first-order valence-corrected chi connectivity index (χ1v) is 4.99. The van der Waals surface area contributed by atoms with Crippen LogP contribution >= 0.6 is 22.5 Å². The number of hydrogen-bond donors (Lipinski definition) is 0. The van der Waals surface area contributed by atoms with E-state index in [9.17, 15) is 0 Å². The molecule has 0 fully saturated rings. The van der Waals surface area contributed by atoms with Gasteiger partial charge in [0.05, 0.1) is 0 Å². The van der Waals surface area contributed by atoms with E-state index in [1.807, 2.05) is 0 Å². The van der Waals surface area contributed by atoms with Crippen LogP contribution in [0.15, 0.2) is 29.2 Å². The van der Waals surface area contributed by atoms with Crippen LogP contribution in [-0.2, 0) is 6.42 Å². The van der Waals surface area contributed by atoms with Crippen molar-refractivity contribution in [3.63, 3.8) is 0 Å². The van der Waals surface area contributed by atoms with Crippen LogP contribution in [0.3, 0.4) is 0 Å². The van der Waals surface area contributed by atoms with Gasteiger partial charge < -0.3 is 0 Å². The fourth-order valence-corrected chi connectivity index (χ4v) is 1.36. The third-order valence-corrected chi connectivity index (χ3v) is 2.47. The smallest absolute Gasteiger partial charge is 0.0191 e. The average molecular weight is 169 g/mol. The van der Waals surface area contributed by atoms with E-state index >= 15 is 0 Å². The van der Waals surface area contributed by atoms with Gasteiger partial charge in [0.25, 0.3) is 0 Å². The lowest BCUT2D eigenvalue weighted by Gasteiger charge is -1.96. The van der Waals surface area contributed by atoms with Crippen molar-refractivity contribution >= 4 is 22.5 Å². The summed E-state index contributed by atoms with van der Waals surface area (Å²) < 4.78 is 0. The Morgan fingerprint density at radius 1 is 1.30 bits per heavy atom. The van der Waals surface area contributed by atoms with Gasteiger partial charge in [0, 0.05) is 4.90 Å². The molecule has 0 atom stereocenters.